The van der Waals surface area contributed by atoms with Gasteiger partial charge >= 0.3 is 0 Å². The van der Waals surface area contributed by atoms with Crippen molar-refractivity contribution in [3.63, 3.8) is 0 Å². The van der Waals surface area contributed by atoms with Crippen LogP contribution in [0.2, 0.25) is 0 Å². The molecule has 3 rings (SSSR count). The predicted octanol–water partition coefficient (Wildman–Crippen LogP) is 0.502. The Balaban J connectivity index is 1.76. The monoisotopic (exact) mass is 210 g/mol. The van der Waals surface area contributed by atoms with Gasteiger partial charge in [0.05, 0.1) is 0 Å². The summed E-state index contributed by atoms with van der Waals surface area (Å²) < 4.78 is 4.23. The fourth-order valence-electron chi connectivity index (χ4n) is 2.43. The highest BCUT2D eigenvalue weighted by Gasteiger charge is 2.37. The van der Waals surface area contributed by atoms with Gasteiger partial charge < -0.3 is 10.2 Å². The van der Waals surface area contributed by atoms with E-state index in [1.54, 1.807) is 0 Å². The highest BCUT2D eigenvalue weighted by atomic mass is 32.1. The number of hydrogen-bond donors (Lipinski definition) is 1. The minimum atomic E-state index is 0.833. The molecule has 2 unspecified atom stereocenters. The van der Waals surface area contributed by atoms with E-state index in [4.69, 9.17) is 0 Å². The van der Waals surface area contributed by atoms with Crippen molar-refractivity contribution in [1.29, 1.82) is 0 Å². The standard InChI is InChI=1S/C9H14N4S/c1-6-11-9(14-12-6)13-4-7-2-10-3-8(7)5-13/h7-8,10H,2-5H2,1H3. The number of nitrogens with one attached hydrogen (secondary N) is 1. The van der Waals surface area contributed by atoms with E-state index < -0.39 is 0 Å². The minimum Gasteiger partial charge on any atom is -0.346 e. The number of nitrogens with zero attached hydrogens (tertiary/aromatic N) is 3. The summed E-state index contributed by atoms with van der Waals surface area (Å²) in [4.78, 5) is 6.82. The summed E-state index contributed by atoms with van der Waals surface area (Å²) in [6, 6.07) is 0. The summed E-state index contributed by atoms with van der Waals surface area (Å²) in [5.41, 5.74) is 0. The van der Waals surface area contributed by atoms with E-state index in [1.807, 2.05) is 6.92 Å². The number of aromatic nitrogens is 2. The molecule has 2 atom stereocenters. The Morgan fingerprint density at radius 2 is 2.07 bits per heavy atom. The number of hydrogen-bond acceptors (Lipinski definition) is 5. The molecule has 2 aliphatic heterocycles. The van der Waals surface area contributed by atoms with E-state index in [1.165, 1.54) is 24.6 Å². The quantitative estimate of drug-likeness (QED) is 0.733. The lowest BCUT2D eigenvalue weighted by molar-refractivity contribution is 0.533. The third-order valence-electron chi connectivity index (χ3n) is 3.18. The van der Waals surface area contributed by atoms with Gasteiger partial charge in [-0.2, -0.15) is 4.37 Å². The van der Waals surface area contributed by atoms with Crippen LogP contribution in [-0.4, -0.2) is 35.5 Å². The lowest BCUT2D eigenvalue weighted by atomic mass is 10.0. The fourth-order valence-corrected chi connectivity index (χ4v) is 3.12. The molecule has 2 aliphatic rings. The zero-order valence-electron chi connectivity index (χ0n) is 8.23. The van der Waals surface area contributed by atoms with Crippen LogP contribution in [0.4, 0.5) is 5.13 Å². The van der Waals surface area contributed by atoms with E-state index in [9.17, 15) is 0 Å². The Kier molecular flexibility index (Phi) is 1.95. The summed E-state index contributed by atoms with van der Waals surface area (Å²) in [5, 5.41) is 4.55. The summed E-state index contributed by atoms with van der Waals surface area (Å²) in [7, 11) is 0. The van der Waals surface area contributed by atoms with E-state index in [0.717, 1.165) is 35.9 Å². The van der Waals surface area contributed by atoms with E-state index in [0.29, 0.717) is 0 Å². The highest BCUT2D eigenvalue weighted by Crippen LogP contribution is 2.30. The Morgan fingerprint density at radius 3 is 2.64 bits per heavy atom. The molecule has 0 spiro atoms. The molecule has 1 aromatic heterocycles. The van der Waals surface area contributed by atoms with Crippen LogP contribution in [0, 0.1) is 18.8 Å². The van der Waals surface area contributed by atoms with Gasteiger partial charge in [-0.3, -0.25) is 0 Å². The molecule has 1 aromatic rings. The van der Waals surface area contributed by atoms with E-state index >= 15 is 0 Å². The van der Waals surface area contributed by atoms with Crippen LogP contribution in [0.5, 0.6) is 0 Å². The average molecular weight is 210 g/mol. The van der Waals surface area contributed by atoms with Crippen molar-refractivity contribution in [2.45, 2.75) is 6.92 Å². The van der Waals surface area contributed by atoms with Crippen molar-refractivity contribution >= 4 is 16.7 Å². The van der Waals surface area contributed by atoms with Crippen molar-refractivity contribution in [1.82, 2.24) is 14.7 Å². The Hall–Kier alpha value is -0.680. The predicted molar refractivity (Wildman–Crippen MR) is 56.7 cm³/mol. The van der Waals surface area contributed by atoms with Crippen molar-refractivity contribution in [3.05, 3.63) is 5.82 Å². The molecule has 3 heterocycles. The second-order valence-corrected chi connectivity index (χ2v) is 4.94. The second kappa shape index (κ2) is 3.17. The Bertz CT molecular complexity index is 325. The molecule has 2 saturated heterocycles. The van der Waals surface area contributed by atoms with Crippen LogP contribution < -0.4 is 10.2 Å². The molecule has 0 aliphatic carbocycles. The van der Waals surface area contributed by atoms with Crippen LogP contribution in [0.15, 0.2) is 0 Å². The fraction of sp³-hybridized carbons (Fsp3) is 0.778. The molecule has 0 bridgehead atoms. The molecule has 0 amide bonds. The third kappa shape index (κ3) is 1.31. The molecule has 14 heavy (non-hydrogen) atoms. The molecule has 0 radical (unpaired) electrons. The van der Waals surface area contributed by atoms with Gasteiger partial charge in [-0.05, 0) is 18.8 Å². The van der Waals surface area contributed by atoms with Crippen LogP contribution in [0.1, 0.15) is 5.82 Å². The van der Waals surface area contributed by atoms with Crippen LogP contribution in [-0.2, 0) is 0 Å². The Labute approximate surface area is 87.5 Å². The first-order valence-electron chi connectivity index (χ1n) is 5.09. The maximum absolute atomic E-state index is 4.43. The minimum absolute atomic E-state index is 0.833. The molecule has 0 aromatic carbocycles. The Morgan fingerprint density at radius 1 is 1.36 bits per heavy atom. The van der Waals surface area contributed by atoms with Crippen molar-refractivity contribution in [2.75, 3.05) is 31.1 Å². The van der Waals surface area contributed by atoms with Gasteiger partial charge in [-0.1, -0.05) is 0 Å². The zero-order chi connectivity index (χ0) is 9.54. The maximum Gasteiger partial charge on any atom is 0.205 e. The first-order chi connectivity index (χ1) is 6.83. The second-order valence-electron chi connectivity index (χ2n) is 4.21. The molecular weight excluding hydrogens is 196 g/mol. The molecular formula is C9H14N4S. The molecule has 1 N–H and O–H groups in total. The van der Waals surface area contributed by atoms with E-state index in [2.05, 4.69) is 19.6 Å². The largest absolute Gasteiger partial charge is 0.346 e. The van der Waals surface area contributed by atoms with Gasteiger partial charge in [-0.25, -0.2) is 4.98 Å². The van der Waals surface area contributed by atoms with Gasteiger partial charge in [0, 0.05) is 37.7 Å². The average Bonchev–Trinajstić information content (AvgIpc) is 2.75. The SMILES string of the molecule is Cc1nsc(N2CC3CNCC3C2)n1. The topological polar surface area (TPSA) is 41.1 Å². The van der Waals surface area contributed by atoms with E-state index in [-0.39, 0.29) is 0 Å². The molecule has 0 saturated carbocycles. The van der Waals surface area contributed by atoms with Crippen LogP contribution in [0.3, 0.4) is 0 Å². The molecule has 76 valence electrons. The smallest absolute Gasteiger partial charge is 0.205 e. The molecule has 4 nitrogen and oxygen atoms in total. The zero-order valence-corrected chi connectivity index (χ0v) is 9.05. The summed E-state index contributed by atoms with van der Waals surface area (Å²) in [6.45, 7) is 6.63. The van der Waals surface area contributed by atoms with Crippen LogP contribution in [0.25, 0.3) is 0 Å². The van der Waals surface area contributed by atoms with Crippen LogP contribution >= 0.6 is 11.5 Å². The van der Waals surface area contributed by atoms with Gasteiger partial charge in [-0.15, -0.1) is 0 Å². The molecule has 5 heteroatoms. The molecule has 2 fully saturated rings. The van der Waals surface area contributed by atoms with Gasteiger partial charge in [0.15, 0.2) is 0 Å². The van der Waals surface area contributed by atoms with Crippen molar-refractivity contribution in [3.8, 4) is 0 Å². The maximum atomic E-state index is 4.43. The normalized spacial score (nSPS) is 31.1. The van der Waals surface area contributed by atoms with Gasteiger partial charge in [0.25, 0.3) is 0 Å². The summed E-state index contributed by atoms with van der Waals surface area (Å²) >= 11 is 1.53. The highest BCUT2D eigenvalue weighted by molar-refractivity contribution is 7.09. The lowest BCUT2D eigenvalue weighted by Gasteiger charge is -2.14. The first-order valence-corrected chi connectivity index (χ1v) is 5.86. The van der Waals surface area contributed by atoms with Crippen molar-refractivity contribution in [2.24, 2.45) is 11.8 Å². The number of anilines is 1. The summed E-state index contributed by atoms with van der Waals surface area (Å²) in [5.74, 6) is 2.57. The number of fused-ring (bicyclic) bond motifs is 1. The number of aryl methyl sites for hydroxylation is 1. The van der Waals surface area contributed by atoms with Gasteiger partial charge in [0.2, 0.25) is 5.13 Å². The number of rotatable bonds is 1. The van der Waals surface area contributed by atoms with Gasteiger partial charge in [0.1, 0.15) is 5.82 Å². The third-order valence-corrected chi connectivity index (χ3v) is 4.05. The lowest BCUT2D eigenvalue weighted by Crippen LogP contribution is -2.25. The first kappa shape index (κ1) is 8.61. The van der Waals surface area contributed by atoms with Crippen molar-refractivity contribution < 1.29 is 0 Å². The summed E-state index contributed by atoms with van der Waals surface area (Å²) in [6.07, 6.45) is 0.